The van der Waals surface area contributed by atoms with Gasteiger partial charge in [0.1, 0.15) is 13.2 Å². The Balaban J connectivity index is 1.94. The second kappa shape index (κ2) is 4.42. The molecule has 0 fully saturated rings. The third-order valence-corrected chi connectivity index (χ3v) is 3.04. The smallest absolute Gasteiger partial charge is 0.200 e. The first-order chi connectivity index (χ1) is 8.74. The Labute approximate surface area is 109 Å². The molecule has 0 atom stereocenters. The summed E-state index contributed by atoms with van der Waals surface area (Å²) in [6.07, 6.45) is 3.48. The number of halogens is 1. The number of ether oxygens (including phenoxy) is 2. The summed E-state index contributed by atoms with van der Waals surface area (Å²) in [5, 5.41) is 0.556. The molecule has 2 N–H and O–H groups in total. The van der Waals surface area contributed by atoms with Crippen molar-refractivity contribution in [1.82, 2.24) is 9.55 Å². The molecule has 0 radical (unpaired) electrons. The van der Waals surface area contributed by atoms with Crippen LogP contribution in [-0.2, 0) is 6.54 Å². The van der Waals surface area contributed by atoms with E-state index < -0.39 is 0 Å². The van der Waals surface area contributed by atoms with Gasteiger partial charge in [-0.05, 0) is 17.7 Å². The first kappa shape index (κ1) is 11.2. The van der Waals surface area contributed by atoms with E-state index in [-0.39, 0.29) is 0 Å². The Kier molecular flexibility index (Phi) is 2.76. The fourth-order valence-electron chi connectivity index (χ4n) is 1.93. The van der Waals surface area contributed by atoms with Gasteiger partial charge in [-0.3, -0.25) is 0 Å². The molecule has 3 rings (SSSR count). The molecular weight excluding hydrogens is 254 g/mol. The molecule has 0 unspecified atom stereocenters. The highest BCUT2D eigenvalue weighted by Gasteiger charge is 2.16. The summed E-state index contributed by atoms with van der Waals surface area (Å²) in [6.45, 7) is 1.67. The summed E-state index contributed by atoms with van der Waals surface area (Å²) in [7, 11) is 0. The lowest BCUT2D eigenvalue weighted by molar-refractivity contribution is 0.171. The van der Waals surface area contributed by atoms with Crippen LogP contribution in [0.3, 0.4) is 0 Å². The largest absolute Gasteiger partial charge is 0.486 e. The molecule has 18 heavy (non-hydrogen) atoms. The first-order valence-electron chi connectivity index (χ1n) is 5.58. The summed E-state index contributed by atoms with van der Waals surface area (Å²) in [6, 6.07) is 3.77. The molecule has 5 nitrogen and oxygen atoms in total. The van der Waals surface area contributed by atoms with Gasteiger partial charge in [0.2, 0.25) is 0 Å². The lowest BCUT2D eigenvalue weighted by atomic mass is 10.2. The van der Waals surface area contributed by atoms with Crippen LogP contribution in [0, 0.1) is 0 Å². The van der Waals surface area contributed by atoms with Gasteiger partial charge in [0.25, 0.3) is 0 Å². The van der Waals surface area contributed by atoms with Crippen molar-refractivity contribution < 1.29 is 9.47 Å². The third kappa shape index (κ3) is 1.97. The van der Waals surface area contributed by atoms with E-state index in [2.05, 4.69) is 4.98 Å². The van der Waals surface area contributed by atoms with E-state index in [1.165, 1.54) is 0 Å². The van der Waals surface area contributed by atoms with Gasteiger partial charge in [-0.25, -0.2) is 4.98 Å². The number of nitrogens with zero attached hydrogens (tertiary/aromatic N) is 2. The average Bonchev–Trinajstić information content (AvgIpc) is 2.75. The van der Waals surface area contributed by atoms with Crippen molar-refractivity contribution in [2.75, 3.05) is 18.9 Å². The van der Waals surface area contributed by atoms with E-state index in [9.17, 15) is 0 Å². The Hall–Kier alpha value is -1.88. The van der Waals surface area contributed by atoms with E-state index in [1.807, 2.05) is 22.9 Å². The second-order valence-electron chi connectivity index (χ2n) is 4.02. The van der Waals surface area contributed by atoms with Gasteiger partial charge in [-0.1, -0.05) is 11.6 Å². The van der Waals surface area contributed by atoms with Crippen molar-refractivity contribution >= 4 is 17.5 Å². The van der Waals surface area contributed by atoms with E-state index in [4.69, 9.17) is 26.8 Å². The molecule has 2 aromatic rings. The summed E-state index contributed by atoms with van der Waals surface area (Å²) in [5.74, 6) is 1.77. The zero-order valence-corrected chi connectivity index (χ0v) is 10.4. The fourth-order valence-corrected chi connectivity index (χ4v) is 2.21. The monoisotopic (exact) mass is 265 g/mol. The molecule has 0 amide bonds. The topological polar surface area (TPSA) is 62.3 Å². The molecule has 0 saturated carbocycles. The van der Waals surface area contributed by atoms with Crippen molar-refractivity contribution in [3.63, 3.8) is 0 Å². The maximum Gasteiger partial charge on any atom is 0.200 e. The number of anilines is 1. The molecule has 0 aliphatic carbocycles. The van der Waals surface area contributed by atoms with Crippen LogP contribution in [0.15, 0.2) is 24.5 Å². The number of benzene rings is 1. The predicted molar refractivity (Wildman–Crippen MR) is 68.2 cm³/mol. The molecular formula is C12H12ClN3O2. The Morgan fingerprint density at radius 3 is 2.94 bits per heavy atom. The van der Waals surface area contributed by atoms with Gasteiger partial charge in [-0.15, -0.1) is 0 Å². The Morgan fingerprint density at radius 2 is 2.17 bits per heavy atom. The zero-order valence-electron chi connectivity index (χ0n) is 9.60. The molecule has 0 saturated heterocycles. The summed E-state index contributed by atoms with van der Waals surface area (Å²) < 4.78 is 12.8. The second-order valence-corrected chi connectivity index (χ2v) is 4.42. The van der Waals surface area contributed by atoms with Crippen LogP contribution in [0.2, 0.25) is 5.02 Å². The standard InChI is InChI=1S/C12H12ClN3O2/c13-9-5-8(7-16-2-1-15-12(16)14)6-10-11(9)18-4-3-17-10/h1-2,5-6H,3-4,7H2,(H2,14,15). The van der Waals surface area contributed by atoms with Crippen LogP contribution in [-0.4, -0.2) is 22.8 Å². The average molecular weight is 266 g/mol. The zero-order chi connectivity index (χ0) is 12.5. The van der Waals surface area contributed by atoms with Crippen LogP contribution in [0.5, 0.6) is 11.5 Å². The highest BCUT2D eigenvalue weighted by atomic mass is 35.5. The SMILES string of the molecule is Nc1nccn1Cc1cc(Cl)c2c(c1)OCCO2. The molecule has 1 aromatic carbocycles. The molecule has 1 aliphatic heterocycles. The normalized spacial score (nSPS) is 13.6. The number of nitrogen functional groups attached to an aromatic ring is 1. The predicted octanol–water partition coefficient (Wildman–Crippen LogP) is 1.94. The highest BCUT2D eigenvalue weighted by Crippen LogP contribution is 2.38. The van der Waals surface area contributed by atoms with Crippen LogP contribution in [0.4, 0.5) is 5.95 Å². The van der Waals surface area contributed by atoms with E-state index >= 15 is 0 Å². The lowest BCUT2D eigenvalue weighted by Crippen LogP contribution is -2.16. The number of nitrogens with two attached hydrogens (primary N) is 1. The van der Waals surface area contributed by atoms with Gasteiger partial charge < -0.3 is 19.8 Å². The number of imidazole rings is 1. The maximum absolute atomic E-state index is 6.17. The Morgan fingerprint density at radius 1 is 1.33 bits per heavy atom. The molecule has 1 aliphatic rings. The molecule has 1 aromatic heterocycles. The van der Waals surface area contributed by atoms with Crippen molar-refractivity contribution in [2.45, 2.75) is 6.54 Å². The van der Waals surface area contributed by atoms with Crippen molar-refractivity contribution in [3.05, 3.63) is 35.1 Å². The van der Waals surface area contributed by atoms with Gasteiger partial charge in [-0.2, -0.15) is 0 Å². The van der Waals surface area contributed by atoms with Crippen LogP contribution in [0.1, 0.15) is 5.56 Å². The number of hydrogen-bond donors (Lipinski definition) is 1. The number of fused-ring (bicyclic) bond motifs is 1. The van der Waals surface area contributed by atoms with Gasteiger partial charge in [0.05, 0.1) is 11.6 Å². The maximum atomic E-state index is 6.17. The van der Waals surface area contributed by atoms with Gasteiger partial charge in [0.15, 0.2) is 17.4 Å². The number of rotatable bonds is 2. The van der Waals surface area contributed by atoms with Gasteiger partial charge >= 0.3 is 0 Å². The van der Waals surface area contributed by atoms with Crippen LogP contribution >= 0.6 is 11.6 Å². The quantitative estimate of drug-likeness (QED) is 0.901. The molecule has 6 heteroatoms. The number of hydrogen-bond acceptors (Lipinski definition) is 4. The van der Waals surface area contributed by atoms with Crippen molar-refractivity contribution in [1.29, 1.82) is 0 Å². The van der Waals surface area contributed by atoms with Crippen molar-refractivity contribution in [3.8, 4) is 11.5 Å². The minimum atomic E-state index is 0.473. The molecule has 94 valence electrons. The van der Waals surface area contributed by atoms with Crippen LogP contribution in [0.25, 0.3) is 0 Å². The minimum Gasteiger partial charge on any atom is -0.486 e. The minimum absolute atomic E-state index is 0.473. The third-order valence-electron chi connectivity index (χ3n) is 2.76. The van der Waals surface area contributed by atoms with E-state index in [0.29, 0.717) is 42.2 Å². The Bertz CT molecular complexity index is 583. The van der Waals surface area contributed by atoms with E-state index in [1.54, 1.807) is 6.20 Å². The number of aromatic nitrogens is 2. The fraction of sp³-hybridized carbons (Fsp3) is 0.250. The summed E-state index contributed by atoms with van der Waals surface area (Å²) in [4.78, 5) is 3.97. The van der Waals surface area contributed by atoms with Crippen molar-refractivity contribution in [2.24, 2.45) is 0 Å². The summed E-state index contributed by atoms with van der Waals surface area (Å²) in [5.41, 5.74) is 6.72. The van der Waals surface area contributed by atoms with E-state index in [0.717, 1.165) is 5.56 Å². The molecule has 2 heterocycles. The first-order valence-corrected chi connectivity index (χ1v) is 5.96. The lowest BCUT2D eigenvalue weighted by Gasteiger charge is -2.20. The van der Waals surface area contributed by atoms with Crippen LogP contribution < -0.4 is 15.2 Å². The summed E-state index contributed by atoms with van der Waals surface area (Å²) >= 11 is 6.17. The van der Waals surface area contributed by atoms with Gasteiger partial charge in [0, 0.05) is 12.4 Å². The molecule has 0 spiro atoms. The highest BCUT2D eigenvalue weighted by molar-refractivity contribution is 6.32. The molecule has 0 bridgehead atoms.